The van der Waals surface area contributed by atoms with E-state index in [1.54, 1.807) is 17.5 Å². The van der Waals surface area contributed by atoms with Gasteiger partial charge in [-0.2, -0.15) is 4.31 Å². The van der Waals surface area contributed by atoms with Gasteiger partial charge in [0.2, 0.25) is 10.0 Å². The van der Waals surface area contributed by atoms with Crippen molar-refractivity contribution in [3.63, 3.8) is 0 Å². The van der Waals surface area contributed by atoms with E-state index in [2.05, 4.69) is 21.2 Å². The second kappa shape index (κ2) is 6.95. The Hall–Kier alpha value is -1.22. The van der Waals surface area contributed by atoms with E-state index >= 15 is 0 Å². The molecule has 0 aliphatic carbocycles. The standard InChI is InChI=1S/C16H17BrN2O3S2/c1-11-4-5-12(10-13(11)17)18-16(20)15-14(6-9-23-15)24(21,22)19-7-2-3-8-19/h4-6,9-10H,2-3,7-8H2,1H3,(H,18,20). The highest BCUT2D eigenvalue weighted by atomic mass is 79.9. The zero-order valence-electron chi connectivity index (χ0n) is 13.1. The lowest BCUT2D eigenvalue weighted by molar-refractivity contribution is 0.102. The zero-order valence-corrected chi connectivity index (χ0v) is 16.3. The number of nitrogens with zero attached hydrogens (tertiary/aromatic N) is 1. The van der Waals surface area contributed by atoms with Crippen LogP contribution in [0.15, 0.2) is 39.0 Å². The van der Waals surface area contributed by atoms with Gasteiger partial charge in [-0.05, 0) is 48.9 Å². The predicted octanol–water partition coefficient (Wildman–Crippen LogP) is 3.86. The fourth-order valence-electron chi connectivity index (χ4n) is 2.59. The van der Waals surface area contributed by atoms with Crippen molar-refractivity contribution in [1.82, 2.24) is 4.31 Å². The van der Waals surface area contributed by atoms with Crippen molar-refractivity contribution in [2.75, 3.05) is 18.4 Å². The first-order valence-corrected chi connectivity index (χ1v) is 10.7. The van der Waals surface area contributed by atoms with Crippen LogP contribution in [-0.2, 0) is 10.0 Å². The van der Waals surface area contributed by atoms with Crippen molar-refractivity contribution in [3.8, 4) is 0 Å². The summed E-state index contributed by atoms with van der Waals surface area (Å²) >= 11 is 4.56. The average molecular weight is 429 g/mol. The van der Waals surface area contributed by atoms with Crippen LogP contribution < -0.4 is 5.32 Å². The maximum Gasteiger partial charge on any atom is 0.267 e. The third kappa shape index (κ3) is 3.42. The number of halogens is 1. The second-order valence-corrected chi connectivity index (χ2v) is 9.32. The molecule has 8 heteroatoms. The molecule has 1 aliphatic rings. The molecule has 1 aliphatic heterocycles. The van der Waals surface area contributed by atoms with E-state index in [1.807, 2.05) is 13.0 Å². The maximum absolute atomic E-state index is 12.7. The van der Waals surface area contributed by atoms with E-state index in [0.29, 0.717) is 18.8 Å². The number of hydrogen-bond donors (Lipinski definition) is 1. The van der Waals surface area contributed by atoms with Gasteiger partial charge in [0.25, 0.3) is 5.91 Å². The number of carbonyl (C=O) groups is 1. The van der Waals surface area contributed by atoms with Crippen molar-refractivity contribution in [2.24, 2.45) is 0 Å². The maximum atomic E-state index is 12.7. The summed E-state index contributed by atoms with van der Waals surface area (Å²) in [7, 11) is -3.60. The minimum Gasteiger partial charge on any atom is -0.321 e. The summed E-state index contributed by atoms with van der Waals surface area (Å²) in [5, 5.41) is 4.42. The van der Waals surface area contributed by atoms with Crippen molar-refractivity contribution < 1.29 is 13.2 Å². The Labute approximate surface area is 153 Å². The number of hydrogen-bond acceptors (Lipinski definition) is 4. The third-order valence-electron chi connectivity index (χ3n) is 3.95. The first-order chi connectivity index (χ1) is 11.4. The summed E-state index contributed by atoms with van der Waals surface area (Å²) in [6.45, 7) is 2.99. The van der Waals surface area contributed by atoms with Crippen molar-refractivity contribution in [3.05, 3.63) is 44.6 Å². The Balaban J connectivity index is 1.86. The van der Waals surface area contributed by atoms with E-state index in [-0.39, 0.29) is 9.77 Å². The molecule has 0 atom stereocenters. The molecule has 2 heterocycles. The summed E-state index contributed by atoms with van der Waals surface area (Å²) in [6.07, 6.45) is 1.73. The number of thiophene rings is 1. The average Bonchev–Trinajstić information content (AvgIpc) is 3.22. The van der Waals surface area contributed by atoms with Crippen LogP contribution in [0.5, 0.6) is 0 Å². The molecule has 0 radical (unpaired) electrons. The van der Waals surface area contributed by atoms with Crippen molar-refractivity contribution >= 4 is 48.9 Å². The molecule has 0 spiro atoms. The number of amides is 1. The minimum absolute atomic E-state index is 0.0954. The molecule has 1 fully saturated rings. The molecule has 1 aromatic heterocycles. The SMILES string of the molecule is Cc1ccc(NC(=O)c2sccc2S(=O)(=O)N2CCCC2)cc1Br. The Morgan fingerprint density at radius 3 is 2.62 bits per heavy atom. The number of rotatable bonds is 4. The molecule has 1 N–H and O–H groups in total. The number of nitrogens with one attached hydrogen (secondary N) is 1. The first-order valence-electron chi connectivity index (χ1n) is 7.55. The molecule has 24 heavy (non-hydrogen) atoms. The lowest BCUT2D eigenvalue weighted by atomic mass is 10.2. The monoisotopic (exact) mass is 428 g/mol. The lowest BCUT2D eigenvalue weighted by Gasteiger charge is -2.15. The zero-order chi connectivity index (χ0) is 17.3. The van der Waals surface area contributed by atoms with Gasteiger partial charge in [0.05, 0.1) is 0 Å². The topological polar surface area (TPSA) is 66.5 Å². The highest BCUT2D eigenvalue weighted by molar-refractivity contribution is 9.10. The van der Waals surface area contributed by atoms with Crippen molar-refractivity contribution in [2.45, 2.75) is 24.7 Å². The van der Waals surface area contributed by atoms with Gasteiger partial charge >= 0.3 is 0 Å². The van der Waals surface area contributed by atoms with Gasteiger partial charge in [-0.15, -0.1) is 11.3 Å². The predicted molar refractivity (Wildman–Crippen MR) is 99.1 cm³/mol. The van der Waals surface area contributed by atoms with Gasteiger partial charge in [0.15, 0.2) is 0 Å². The van der Waals surface area contributed by atoms with Crippen LogP contribution in [0.4, 0.5) is 5.69 Å². The number of anilines is 1. The molecule has 0 unspecified atom stereocenters. The van der Waals surface area contributed by atoms with Crippen LogP contribution in [0.3, 0.4) is 0 Å². The van der Waals surface area contributed by atoms with Crippen molar-refractivity contribution in [1.29, 1.82) is 0 Å². The number of benzene rings is 1. The van der Waals surface area contributed by atoms with E-state index in [4.69, 9.17) is 0 Å². The molecule has 5 nitrogen and oxygen atoms in total. The molecule has 1 saturated heterocycles. The molecule has 2 aromatic rings. The highest BCUT2D eigenvalue weighted by Gasteiger charge is 2.31. The Bertz CT molecular complexity index is 871. The molecule has 1 aromatic carbocycles. The Kier molecular flexibility index (Phi) is 5.10. The second-order valence-electron chi connectivity index (χ2n) is 5.64. The molecule has 0 saturated carbocycles. The van der Waals surface area contributed by atoms with Crippen LogP contribution in [0, 0.1) is 6.92 Å². The fraction of sp³-hybridized carbons (Fsp3) is 0.312. The normalized spacial score (nSPS) is 15.6. The molecular formula is C16H17BrN2O3S2. The summed E-state index contributed by atoms with van der Waals surface area (Å²) in [5.74, 6) is -0.404. The van der Waals surface area contributed by atoms with Gasteiger partial charge in [-0.1, -0.05) is 22.0 Å². The third-order valence-corrected chi connectivity index (χ3v) is 7.79. The minimum atomic E-state index is -3.60. The smallest absolute Gasteiger partial charge is 0.267 e. The van der Waals surface area contributed by atoms with Crippen LogP contribution in [-0.4, -0.2) is 31.7 Å². The van der Waals surface area contributed by atoms with E-state index in [1.165, 1.54) is 10.4 Å². The Morgan fingerprint density at radius 2 is 1.96 bits per heavy atom. The van der Waals surface area contributed by atoms with Gasteiger partial charge in [0.1, 0.15) is 9.77 Å². The van der Waals surface area contributed by atoms with Crippen LogP contribution in [0.25, 0.3) is 0 Å². The largest absolute Gasteiger partial charge is 0.321 e. The van der Waals surface area contributed by atoms with Crippen LogP contribution in [0.1, 0.15) is 28.1 Å². The van der Waals surface area contributed by atoms with Gasteiger partial charge in [-0.3, -0.25) is 4.79 Å². The molecule has 128 valence electrons. The molecule has 0 bridgehead atoms. The van der Waals surface area contributed by atoms with Crippen LogP contribution >= 0.6 is 27.3 Å². The number of aryl methyl sites for hydroxylation is 1. The quantitative estimate of drug-likeness (QED) is 0.803. The first kappa shape index (κ1) is 17.6. The Morgan fingerprint density at radius 1 is 1.25 bits per heavy atom. The van der Waals surface area contributed by atoms with E-state index in [9.17, 15) is 13.2 Å². The highest BCUT2D eigenvalue weighted by Crippen LogP contribution is 2.29. The number of sulfonamides is 1. The molecular weight excluding hydrogens is 412 g/mol. The number of carbonyl (C=O) groups excluding carboxylic acids is 1. The van der Waals surface area contributed by atoms with E-state index < -0.39 is 15.9 Å². The fourth-order valence-corrected chi connectivity index (χ4v) is 5.78. The van der Waals surface area contributed by atoms with Gasteiger partial charge in [0, 0.05) is 23.2 Å². The van der Waals surface area contributed by atoms with E-state index in [0.717, 1.165) is 34.2 Å². The summed E-state index contributed by atoms with van der Waals surface area (Å²) < 4.78 is 27.8. The summed E-state index contributed by atoms with van der Waals surface area (Å²) in [4.78, 5) is 12.9. The summed E-state index contributed by atoms with van der Waals surface area (Å²) in [6, 6.07) is 6.99. The van der Waals surface area contributed by atoms with Gasteiger partial charge < -0.3 is 5.32 Å². The van der Waals surface area contributed by atoms with Crippen LogP contribution in [0.2, 0.25) is 0 Å². The molecule has 1 amide bonds. The van der Waals surface area contributed by atoms with Gasteiger partial charge in [-0.25, -0.2) is 8.42 Å². The lowest BCUT2D eigenvalue weighted by Crippen LogP contribution is -2.29. The summed E-state index contributed by atoms with van der Waals surface area (Å²) in [5.41, 5.74) is 1.68. The molecule has 3 rings (SSSR count).